The van der Waals surface area contributed by atoms with Crippen LogP contribution in [0.2, 0.25) is 0 Å². The minimum atomic E-state index is -0.437. The molecule has 1 aliphatic carbocycles. The summed E-state index contributed by atoms with van der Waals surface area (Å²) in [5, 5.41) is 9.24. The Labute approximate surface area is 104 Å². The average molecular weight is 245 g/mol. The standard InChI is InChI=1S/C13H27NO3/c1-12(2,3)17-8-7-16-11-5-4-6-13(14,9-11)10-15/h11,15H,4-10,14H2,1-3H3. The smallest absolute Gasteiger partial charge is 0.0707 e. The fraction of sp³-hybridized carbons (Fsp3) is 1.00. The molecule has 0 bridgehead atoms. The van der Waals surface area contributed by atoms with Crippen molar-refractivity contribution >= 4 is 0 Å². The summed E-state index contributed by atoms with van der Waals surface area (Å²) in [5.74, 6) is 0. The Kier molecular flexibility index (Phi) is 5.38. The molecule has 0 aromatic rings. The number of rotatable bonds is 5. The molecule has 0 radical (unpaired) electrons. The van der Waals surface area contributed by atoms with Crippen molar-refractivity contribution in [2.24, 2.45) is 5.73 Å². The van der Waals surface area contributed by atoms with Crippen LogP contribution in [0.5, 0.6) is 0 Å². The van der Waals surface area contributed by atoms with Crippen molar-refractivity contribution in [3.8, 4) is 0 Å². The zero-order valence-corrected chi connectivity index (χ0v) is 11.4. The Morgan fingerprint density at radius 3 is 2.65 bits per heavy atom. The van der Waals surface area contributed by atoms with Crippen LogP contribution in [0.1, 0.15) is 46.5 Å². The second-order valence-electron chi connectivity index (χ2n) is 6.07. The molecular weight excluding hydrogens is 218 g/mol. The number of aliphatic hydroxyl groups excluding tert-OH is 1. The van der Waals surface area contributed by atoms with Gasteiger partial charge in [0.05, 0.1) is 31.5 Å². The van der Waals surface area contributed by atoms with E-state index in [2.05, 4.69) is 0 Å². The van der Waals surface area contributed by atoms with Gasteiger partial charge >= 0.3 is 0 Å². The third kappa shape index (κ3) is 5.82. The highest BCUT2D eigenvalue weighted by Gasteiger charge is 2.32. The Bertz CT molecular complexity index is 227. The van der Waals surface area contributed by atoms with Crippen molar-refractivity contribution < 1.29 is 14.6 Å². The summed E-state index contributed by atoms with van der Waals surface area (Å²) >= 11 is 0. The van der Waals surface area contributed by atoms with E-state index in [1.807, 2.05) is 20.8 Å². The highest BCUT2D eigenvalue weighted by atomic mass is 16.5. The fourth-order valence-electron chi connectivity index (χ4n) is 2.19. The van der Waals surface area contributed by atoms with Crippen molar-refractivity contribution in [3.63, 3.8) is 0 Å². The molecule has 0 saturated heterocycles. The van der Waals surface area contributed by atoms with Crippen LogP contribution in [0.15, 0.2) is 0 Å². The van der Waals surface area contributed by atoms with Gasteiger partial charge in [0.15, 0.2) is 0 Å². The highest BCUT2D eigenvalue weighted by molar-refractivity contribution is 4.90. The molecule has 1 fully saturated rings. The van der Waals surface area contributed by atoms with Crippen molar-refractivity contribution in [2.45, 2.75) is 63.7 Å². The van der Waals surface area contributed by atoms with Gasteiger partial charge in [-0.05, 0) is 46.5 Å². The maximum Gasteiger partial charge on any atom is 0.0707 e. The van der Waals surface area contributed by atoms with Crippen molar-refractivity contribution in [1.29, 1.82) is 0 Å². The maximum atomic E-state index is 9.24. The normalized spacial score (nSPS) is 30.5. The van der Waals surface area contributed by atoms with Gasteiger partial charge < -0.3 is 20.3 Å². The topological polar surface area (TPSA) is 64.7 Å². The van der Waals surface area contributed by atoms with E-state index >= 15 is 0 Å². The van der Waals surface area contributed by atoms with Gasteiger partial charge in [0, 0.05) is 5.54 Å². The van der Waals surface area contributed by atoms with Gasteiger partial charge in [-0.25, -0.2) is 0 Å². The van der Waals surface area contributed by atoms with Crippen molar-refractivity contribution in [3.05, 3.63) is 0 Å². The maximum absolute atomic E-state index is 9.24. The van der Waals surface area contributed by atoms with Gasteiger partial charge in [0.1, 0.15) is 0 Å². The van der Waals surface area contributed by atoms with E-state index in [4.69, 9.17) is 15.2 Å². The molecule has 17 heavy (non-hydrogen) atoms. The van der Waals surface area contributed by atoms with E-state index in [9.17, 15) is 5.11 Å². The average Bonchev–Trinajstić information content (AvgIpc) is 2.24. The second-order valence-corrected chi connectivity index (χ2v) is 6.07. The quantitative estimate of drug-likeness (QED) is 0.720. The molecule has 3 N–H and O–H groups in total. The molecule has 1 rings (SSSR count). The van der Waals surface area contributed by atoms with Gasteiger partial charge in [-0.1, -0.05) is 0 Å². The van der Waals surface area contributed by atoms with E-state index in [1.54, 1.807) is 0 Å². The molecule has 1 saturated carbocycles. The predicted molar refractivity (Wildman–Crippen MR) is 67.9 cm³/mol. The summed E-state index contributed by atoms with van der Waals surface area (Å²) in [7, 11) is 0. The van der Waals surface area contributed by atoms with Crippen molar-refractivity contribution in [1.82, 2.24) is 0 Å². The van der Waals surface area contributed by atoms with Crippen LogP contribution in [-0.2, 0) is 9.47 Å². The molecule has 0 spiro atoms. The Morgan fingerprint density at radius 1 is 1.35 bits per heavy atom. The van der Waals surface area contributed by atoms with E-state index in [0.717, 1.165) is 25.7 Å². The number of ether oxygens (including phenoxy) is 2. The number of hydrogen-bond donors (Lipinski definition) is 2. The second kappa shape index (κ2) is 6.14. The van der Waals surface area contributed by atoms with Crippen LogP contribution >= 0.6 is 0 Å². The van der Waals surface area contributed by atoms with E-state index in [0.29, 0.717) is 13.2 Å². The molecule has 4 nitrogen and oxygen atoms in total. The van der Waals surface area contributed by atoms with E-state index in [-0.39, 0.29) is 18.3 Å². The molecule has 0 aromatic carbocycles. The van der Waals surface area contributed by atoms with Gasteiger partial charge in [0.25, 0.3) is 0 Å². The summed E-state index contributed by atoms with van der Waals surface area (Å²) in [5.41, 5.74) is 5.51. The van der Waals surface area contributed by atoms with Crippen LogP contribution in [0.4, 0.5) is 0 Å². The van der Waals surface area contributed by atoms with Gasteiger partial charge in [-0.2, -0.15) is 0 Å². The summed E-state index contributed by atoms with van der Waals surface area (Å²) in [6, 6.07) is 0. The van der Waals surface area contributed by atoms with Gasteiger partial charge in [-0.3, -0.25) is 0 Å². The summed E-state index contributed by atoms with van der Waals surface area (Å²) in [6.07, 6.45) is 3.88. The molecule has 1 aliphatic rings. The molecule has 0 amide bonds. The summed E-state index contributed by atoms with van der Waals surface area (Å²) in [6.45, 7) is 7.35. The Balaban J connectivity index is 2.19. The Hall–Kier alpha value is -0.160. The first-order chi connectivity index (χ1) is 7.85. The predicted octanol–water partition coefficient (Wildman–Crippen LogP) is 1.45. The van der Waals surface area contributed by atoms with E-state index in [1.165, 1.54) is 0 Å². The highest BCUT2D eigenvalue weighted by Crippen LogP contribution is 2.27. The first-order valence-electron chi connectivity index (χ1n) is 6.50. The largest absolute Gasteiger partial charge is 0.394 e. The van der Waals surface area contributed by atoms with Crippen molar-refractivity contribution in [2.75, 3.05) is 19.8 Å². The monoisotopic (exact) mass is 245 g/mol. The lowest BCUT2D eigenvalue weighted by atomic mass is 9.81. The zero-order valence-electron chi connectivity index (χ0n) is 11.4. The lowest BCUT2D eigenvalue weighted by Crippen LogP contribution is -2.49. The van der Waals surface area contributed by atoms with Crippen LogP contribution in [0.3, 0.4) is 0 Å². The first-order valence-corrected chi connectivity index (χ1v) is 6.50. The Morgan fingerprint density at radius 2 is 2.06 bits per heavy atom. The van der Waals surface area contributed by atoms with Gasteiger partial charge in [-0.15, -0.1) is 0 Å². The molecule has 0 heterocycles. The van der Waals surface area contributed by atoms with E-state index < -0.39 is 5.54 Å². The lowest BCUT2D eigenvalue weighted by molar-refractivity contribution is -0.0662. The summed E-state index contributed by atoms with van der Waals surface area (Å²) in [4.78, 5) is 0. The third-order valence-corrected chi connectivity index (χ3v) is 3.12. The van der Waals surface area contributed by atoms with Crippen LogP contribution < -0.4 is 5.73 Å². The third-order valence-electron chi connectivity index (χ3n) is 3.12. The minimum absolute atomic E-state index is 0.0470. The number of hydrogen-bond acceptors (Lipinski definition) is 4. The molecule has 4 heteroatoms. The van der Waals surface area contributed by atoms with Crippen LogP contribution in [-0.4, -0.2) is 42.2 Å². The first kappa shape index (κ1) is 14.9. The fourth-order valence-corrected chi connectivity index (χ4v) is 2.19. The number of aliphatic hydroxyl groups is 1. The minimum Gasteiger partial charge on any atom is -0.394 e. The molecule has 2 unspecified atom stereocenters. The van der Waals surface area contributed by atoms with Crippen LogP contribution in [0.25, 0.3) is 0 Å². The molecule has 0 aliphatic heterocycles. The molecule has 0 aromatic heterocycles. The molecule has 102 valence electrons. The lowest BCUT2D eigenvalue weighted by Gasteiger charge is -2.36. The van der Waals surface area contributed by atoms with Crippen LogP contribution in [0, 0.1) is 0 Å². The molecule has 2 atom stereocenters. The number of nitrogens with two attached hydrogens (primary N) is 1. The zero-order chi connectivity index (χ0) is 12.9. The summed E-state index contributed by atoms with van der Waals surface area (Å²) < 4.78 is 11.4. The molecular formula is C13H27NO3. The van der Waals surface area contributed by atoms with Gasteiger partial charge in [0.2, 0.25) is 0 Å². The SMILES string of the molecule is CC(C)(C)OCCOC1CCCC(N)(CO)C1.